The van der Waals surface area contributed by atoms with Crippen LogP contribution in [0.2, 0.25) is 0 Å². The highest BCUT2D eigenvalue weighted by Gasteiger charge is 2.12. The molecule has 1 amide bonds. The van der Waals surface area contributed by atoms with Crippen molar-refractivity contribution in [1.82, 2.24) is 9.99 Å². The molecule has 4 aromatic rings. The molecule has 0 aliphatic rings. The summed E-state index contributed by atoms with van der Waals surface area (Å²) < 4.78 is 3.06. The summed E-state index contributed by atoms with van der Waals surface area (Å²) in [4.78, 5) is 25.4. The summed E-state index contributed by atoms with van der Waals surface area (Å²) in [6.07, 6.45) is 1.37. The van der Waals surface area contributed by atoms with Crippen LogP contribution in [0.15, 0.2) is 79.5 Å². The molecule has 0 aliphatic carbocycles. The fraction of sp³-hybridized carbons (Fsp3) is 0.0455. The molecule has 0 fully saturated rings. The van der Waals surface area contributed by atoms with Crippen molar-refractivity contribution in [3.05, 3.63) is 85.4 Å². The van der Waals surface area contributed by atoms with E-state index in [4.69, 9.17) is 0 Å². The second-order valence-corrected chi connectivity index (χ2v) is 8.34. The Morgan fingerprint density at radius 2 is 1.63 bits per heavy atom. The second-order valence-electron chi connectivity index (χ2n) is 6.57. The van der Waals surface area contributed by atoms with E-state index >= 15 is 0 Å². The van der Waals surface area contributed by atoms with Crippen LogP contribution in [0.25, 0.3) is 21.8 Å². The van der Waals surface area contributed by atoms with E-state index in [0.29, 0.717) is 31.8 Å². The van der Waals surface area contributed by atoms with E-state index in [1.54, 1.807) is 41.0 Å². The van der Waals surface area contributed by atoms with Crippen molar-refractivity contribution < 1.29 is 9.90 Å². The number of fused-ring (bicyclic) bond motifs is 2. The van der Waals surface area contributed by atoms with Crippen LogP contribution in [-0.2, 0) is 11.3 Å². The van der Waals surface area contributed by atoms with Crippen molar-refractivity contribution in [3.8, 4) is 5.75 Å². The van der Waals surface area contributed by atoms with Crippen LogP contribution in [-0.4, -0.2) is 21.8 Å². The Morgan fingerprint density at radius 3 is 2.27 bits per heavy atom. The molecule has 0 atom stereocenters. The van der Waals surface area contributed by atoms with E-state index in [1.807, 2.05) is 24.3 Å². The molecule has 3 aromatic carbocycles. The number of phenols is 1. The number of para-hydroxylation sites is 2. The fourth-order valence-corrected chi connectivity index (χ4v) is 4.54. The van der Waals surface area contributed by atoms with Crippen LogP contribution < -0.4 is 10.9 Å². The van der Waals surface area contributed by atoms with E-state index in [1.165, 1.54) is 6.21 Å². The molecule has 0 saturated carbocycles. The number of hydrogen-bond donors (Lipinski definition) is 2. The molecule has 0 aliphatic heterocycles. The number of carbonyl (C=O) groups is 1. The summed E-state index contributed by atoms with van der Waals surface area (Å²) >= 11 is 6.60. The van der Waals surface area contributed by atoms with Gasteiger partial charge in [-0.15, -0.1) is 0 Å². The lowest BCUT2D eigenvalue weighted by Gasteiger charge is -2.14. The molecular formula is C22H15Br2N3O3. The zero-order chi connectivity index (χ0) is 21.3. The lowest BCUT2D eigenvalue weighted by Crippen LogP contribution is -2.25. The molecule has 1 aromatic heterocycles. The first-order valence-corrected chi connectivity index (χ1v) is 10.5. The minimum atomic E-state index is -0.362. The molecule has 150 valence electrons. The highest BCUT2D eigenvalue weighted by atomic mass is 79.9. The Kier molecular flexibility index (Phi) is 5.69. The summed E-state index contributed by atoms with van der Waals surface area (Å²) in [5.74, 6) is -0.340. The van der Waals surface area contributed by atoms with Crippen molar-refractivity contribution >= 4 is 65.8 Å². The lowest BCUT2D eigenvalue weighted by atomic mass is 10.1. The molecule has 1 heterocycles. The Balaban J connectivity index is 1.65. The summed E-state index contributed by atoms with van der Waals surface area (Å²) in [5.41, 5.74) is 4.21. The Hall–Kier alpha value is -2.97. The predicted molar refractivity (Wildman–Crippen MR) is 125 cm³/mol. The van der Waals surface area contributed by atoms with Gasteiger partial charge in [-0.25, -0.2) is 5.43 Å². The van der Waals surface area contributed by atoms with Crippen molar-refractivity contribution in [2.45, 2.75) is 6.54 Å². The molecule has 30 heavy (non-hydrogen) atoms. The highest BCUT2D eigenvalue weighted by molar-refractivity contribution is 9.11. The van der Waals surface area contributed by atoms with Gasteiger partial charge in [0.25, 0.3) is 5.91 Å². The first kappa shape index (κ1) is 20.3. The van der Waals surface area contributed by atoms with Gasteiger partial charge in [0.2, 0.25) is 0 Å². The van der Waals surface area contributed by atoms with Crippen molar-refractivity contribution in [2.75, 3.05) is 0 Å². The number of carbonyl (C=O) groups excluding carboxylic acids is 1. The molecule has 4 rings (SSSR count). The lowest BCUT2D eigenvalue weighted by molar-refractivity contribution is -0.121. The van der Waals surface area contributed by atoms with E-state index in [9.17, 15) is 14.7 Å². The number of nitrogens with zero attached hydrogens (tertiary/aromatic N) is 2. The molecule has 0 bridgehead atoms. The standard InChI is InChI=1S/C22H15Br2N3O3/c23-14-9-13(21(29)17(24)10-14)11-25-26-20(28)12-27-18-7-3-1-5-15(18)22(30)16-6-2-4-8-19(16)27/h1-11,29H,12H2,(H,26,28). The molecule has 0 radical (unpaired) electrons. The molecule has 2 N–H and O–H groups in total. The van der Waals surface area contributed by atoms with Gasteiger partial charge >= 0.3 is 0 Å². The molecule has 0 spiro atoms. The number of hydrogen-bond acceptors (Lipinski definition) is 4. The van der Waals surface area contributed by atoms with Crippen molar-refractivity contribution in [1.29, 1.82) is 0 Å². The number of halogens is 2. The fourth-order valence-electron chi connectivity index (χ4n) is 3.28. The summed E-state index contributed by atoms with van der Waals surface area (Å²) in [7, 11) is 0. The topological polar surface area (TPSA) is 83.7 Å². The monoisotopic (exact) mass is 527 g/mol. The number of aromatic hydroxyl groups is 1. The Labute approximate surface area is 188 Å². The minimum Gasteiger partial charge on any atom is -0.506 e. The van der Waals surface area contributed by atoms with Crippen LogP contribution in [0.4, 0.5) is 0 Å². The molecular weight excluding hydrogens is 514 g/mol. The summed E-state index contributed by atoms with van der Waals surface area (Å²) in [6.45, 7) is -0.0210. The third kappa shape index (κ3) is 3.88. The molecule has 0 unspecified atom stereocenters. The normalized spacial score (nSPS) is 11.4. The van der Waals surface area contributed by atoms with E-state index in [0.717, 1.165) is 4.47 Å². The summed E-state index contributed by atoms with van der Waals surface area (Å²) in [5, 5.41) is 15.1. The number of benzene rings is 3. The number of amides is 1. The summed E-state index contributed by atoms with van der Waals surface area (Å²) in [6, 6.07) is 17.8. The SMILES string of the molecule is O=C(Cn1c2ccccc2c(=O)c2ccccc21)NN=Cc1cc(Br)cc(Br)c1O. The van der Waals surface area contributed by atoms with Crippen molar-refractivity contribution in [3.63, 3.8) is 0 Å². The third-order valence-corrected chi connectivity index (χ3v) is 5.69. The first-order valence-electron chi connectivity index (χ1n) is 8.96. The largest absolute Gasteiger partial charge is 0.506 e. The predicted octanol–water partition coefficient (Wildman–Crippen LogP) is 4.54. The number of phenolic OH excluding ortho intramolecular Hbond substituents is 1. The van der Waals surface area contributed by atoms with Crippen LogP contribution in [0.3, 0.4) is 0 Å². The average molecular weight is 529 g/mol. The zero-order valence-corrected chi connectivity index (χ0v) is 18.6. The average Bonchev–Trinajstić information content (AvgIpc) is 2.74. The maximum Gasteiger partial charge on any atom is 0.260 e. The second kappa shape index (κ2) is 8.41. The van der Waals surface area contributed by atoms with Gasteiger partial charge in [0.05, 0.1) is 21.7 Å². The van der Waals surface area contributed by atoms with Gasteiger partial charge in [0.1, 0.15) is 12.3 Å². The van der Waals surface area contributed by atoms with Gasteiger partial charge in [-0.2, -0.15) is 5.10 Å². The minimum absolute atomic E-state index is 0.0210. The quantitative estimate of drug-likeness (QED) is 0.232. The van der Waals surface area contributed by atoms with E-state index < -0.39 is 0 Å². The number of hydrazone groups is 1. The van der Waals surface area contributed by atoms with E-state index in [2.05, 4.69) is 42.4 Å². The number of rotatable bonds is 4. The van der Waals surface area contributed by atoms with Crippen LogP contribution in [0.1, 0.15) is 5.56 Å². The van der Waals surface area contributed by atoms with Gasteiger partial charge in [-0.05, 0) is 52.3 Å². The molecule has 6 nitrogen and oxygen atoms in total. The smallest absolute Gasteiger partial charge is 0.260 e. The first-order chi connectivity index (χ1) is 14.5. The van der Waals surface area contributed by atoms with Gasteiger partial charge in [0, 0.05) is 20.8 Å². The maximum atomic E-state index is 12.8. The van der Waals surface area contributed by atoms with Gasteiger partial charge in [-0.1, -0.05) is 40.2 Å². The highest BCUT2D eigenvalue weighted by Crippen LogP contribution is 2.30. The Morgan fingerprint density at radius 1 is 1.03 bits per heavy atom. The van der Waals surface area contributed by atoms with Crippen LogP contribution in [0, 0.1) is 0 Å². The zero-order valence-electron chi connectivity index (χ0n) is 15.5. The maximum absolute atomic E-state index is 12.8. The van der Waals surface area contributed by atoms with Crippen molar-refractivity contribution in [2.24, 2.45) is 5.10 Å². The molecule has 0 saturated heterocycles. The number of nitrogens with one attached hydrogen (secondary N) is 1. The van der Waals surface area contributed by atoms with Crippen LogP contribution >= 0.6 is 31.9 Å². The number of aromatic nitrogens is 1. The van der Waals surface area contributed by atoms with Gasteiger partial charge in [-0.3, -0.25) is 9.59 Å². The third-order valence-electron chi connectivity index (χ3n) is 4.63. The Bertz CT molecular complexity index is 1320. The van der Waals surface area contributed by atoms with Gasteiger partial charge < -0.3 is 9.67 Å². The van der Waals surface area contributed by atoms with Gasteiger partial charge in [0.15, 0.2) is 5.43 Å². The van der Waals surface area contributed by atoms with E-state index in [-0.39, 0.29) is 23.6 Å². The molecule has 8 heteroatoms. The number of pyridine rings is 1. The van der Waals surface area contributed by atoms with Crippen LogP contribution in [0.5, 0.6) is 5.75 Å².